The Morgan fingerprint density at radius 3 is 2.57 bits per heavy atom. The molecule has 2 N–H and O–H groups in total. The highest BCUT2D eigenvalue weighted by Gasteiger charge is 2.30. The Labute approximate surface area is 175 Å². The third kappa shape index (κ3) is 6.30. The molecule has 1 atom stereocenters. The molecule has 0 radical (unpaired) electrons. The van der Waals surface area contributed by atoms with Gasteiger partial charge in [0.2, 0.25) is 0 Å². The van der Waals surface area contributed by atoms with Crippen LogP contribution in [0.15, 0.2) is 12.1 Å². The second kappa shape index (κ2) is 9.27. The zero-order chi connectivity index (χ0) is 22.6. The predicted octanol–water partition coefficient (Wildman–Crippen LogP) is 3.68. The van der Waals surface area contributed by atoms with E-state index in [9.17, 15) is 24.1 Å². The van der Waals surface area contributed by atoms with Crippen LogP contribution in [0, 0.1) is 15.9 Å². The standard InChI is InChI=1S/C20H29FN4O5/c1-12(2)22-16-10-15(21)14(9-17(16)25(28)29)18(26)23-13-7-6-8-24(11-13)19(27)30-20(3,4)5/h9-10,12-13,22H,6-8,11H2,1-5H3,(H,23,26). The van der Waals surface area contributed by atoms with Crippen LogP contribution in [-0.4, -0.2) is 52.6 Å². The third-order valence-corrected chi connectivity index (χ3v) is 4.38. The molecular formula is C20H29FN4O5. The largest absolute Gasteiger partial charge is 0.444 e. The number of likely N-dealkylation sites (tertiary alicyclic amines) is 1. The molecule has 10 heteroatoms. The number of hydrogen-bond donors (Lipinski definition) is 2. The van der Waals surface area contributed by atoms with Crippen molar-refractivity contribution in [2.45, 2.75) is 65.1 Å². The van der Waals surface area contributed by atoms with Crippen molar-refractivity contribution in [2.75, 3.05) is 18.4 Å². The van der Waals surface area contributed by atoms with Gasteiger partial charge in [-0.15, -0.1) is 0 Å². The first-order valence-electron chi connectivity index (χ1n) is 9.90. The summed E-state index contributed by atoms with van der Waals surface area (Å²) in [6.07, 6.45) is 0.763. The van der Waals surface area contributed by atoms with Crippen molar-refractivity contribution in [2.24, 2.45) is 0 Å². The number of ether oxygens (including phenoxy) is 1. The lowest BCUT2D eigenvalue weighted by Gasteiger charge is -2.34. The highest BCUT2D eigenvalue weighted by molar-refractivity contribution is 5.96. The van der Waals surface area contributed by atoms with Gasteiger partial charge in [-0.25, -0.2) is 9.18 Å². The van der Waals surface area contributed by atoms with Crippen LogP contribution in [-0.2, 0) is 4.74 Å². The fourth-order valence-corrected chi connectivity index (χ4v) is 3.16. The lowest BCUT2D eigenvalue weighted by molar-refractivity contribution is -0.384. The third-order valence-electron chi connectivity index (χ3n) is 4.38. The van der Waals surface area contributed by atoms with Gasteiger partial charge in [0.25, 0.3) is 11.6 Å². The van der Waals surface area contributed by atoms with E-state index in [0.717, 1.165) is 12.1 Å². The summed E-state index contributed by atoms with van der Waals surface area (Å²) in [4.78, 5) is 37.1. The van der Waals surface area contributed by atoms with Gasteiger partial charge in [-0.05, 0) is 47.5 Å². The molecule has 0 saturated carbocycles. The van der Waals surface area contributed by atoms with Crippen LogP contribution in [0.1, 0.15) is 57.8 Å². The number of amides is 2. The van der Waals surface area contributed by atoms with Crippen molar-refractivity contribution in [1.82, 2.24) is 10.2 Å². The normalized spacial score (nSPS) is 16.9. The van der Waals surface area contributed by atoms with E-state index in [0.29, 0.717) is 19.4 Å². The molecule has 2 rings (SSSR count). The lowest BCUT2D eigenvalue weighted by Crippen LogP contribution is -2.50. The molecule has 1 aliphatic rings. The Bertz CT molecular complexity index is 822. The number of rotatable bonds is 5. The van der Waals surface area contributed by atoms with Crippen molar-refractivity contribution >= 4 is 23.4 Å². The maximum absolute atomic E-state index is 14.5. The summed E-state index contributed by atoms with van der Waals surface area (Å²) in [5, 5.41) is 16.9. The van der Waals surface area contributed by atoms with E-state index >= 15 is 0 Å². The lowest BCUT2D eigenvalue weighted by atomic mass is 10.0. The van der Waals surface area contributed by atoms with Gasteiger partial charge in [0, 0.05) is 37.3 Å². The quantitative estimate of drug-likeness (QED) is 0.551. The number of benzene rings is 1. The van der Waals surface area contributed by atoms with Crippen molar-refractivity contribution < 1.29 is 23.6 Å². The molecule has 2 amide bonds. The topological polar surface area (TPSA) is 114 Å². The number of nitrogens with zero attached hydrogens (tertiary/aromatic N) is 2. The van der Waals surface area contributed by atoms with Gasteiger partial charge in [0.15, 0.2) is 0 Å². The highest BCUT2D eigenvalue weighted by Crippen LogP contribution is 2.28. The number of hydrogen-bond acceptors (Lipinski definition) is 6. The van der Waals surface area contributed by atoms with E-state index in [4.69, 9.17) is 4.74 Å². The van der Waals surface area contributed by atoms with Crippen molar-refractivity contribution in [3.05, 3.63) is 33.6 Å². The smallest absolute Gasteiger partial charge is 0.410 e. The summed E-state index contributed by atoms with van der Waals surface area (Å²) in [7, 11) is 0. The molecule has 9 nitrogen and oxygen atoms in total. The second-order valence-corrected chi connectivity index (χ2v) is 8.64. The molecule has 0 aromatic heterocycles. The van der Waals surface area contributed by atoms with E-state index in [1.807, 2.05) is 0 Å². The summed E-state index contributed by atoms with van der Waals surface area (Å²) in [6, 6.07) is 1.33. The number of carbonyl (C=O) groups is 2. The molecule has 166 valence electrons. The zero-order valence-electron chi connectivity index (χ0n) is 18.0. The molecule has 30 heavy (non-hydrogen) atoms. The second-order valence-electron chi connectivity index (χ2n) is 8.64. The molecule has 0 bridgehead atoms. The van der Waals surface area contributed by atoms with Crippen LogP contribution in [0.3, 0.4) is 0 Å². The number of nitro benzene ring substituents is 1. The van der Waals surface area contributed by atoms with Crippen LogP contribution in [0.4, 0.5) is 20.6 Å². The van der Waals surface area contributed by atoms with E-state index < -0.39 is 39.9 Å². The van der Waals surface area contributed by atoms with E-state index in [-0.39, 0.29) is 24.0 Å². The van der Waals surface area contributed by atoms with Crippen molar-refractivity contribution in [1.29, 1.82) is 0 Å². The average molecular weight is 424 g/mol. The molecule has 1 aliphatic heterocycles. The first kappa shape index (κ1) is 23.4. The Kier molecular flexibility index (Phi) is 7.22. The van der Waals surface area contributed by atoms with Gasteiger partial charge >= 0.3 is 6.09 Å². The first-order valence-corrected chi connectivity index (χ1v) is 9.90. The number of carbonyl (C=O) groups excluding carboxylic acids is 2. The van der Waals surface area contributed by atoms with Gasteiger partial charge in [-0.3, -0.25) is 14.9 Å². The molecule has 1 aromatic carbocycles. The summed E-state index contributed by atoms with van der Waals surface area (Å²) < 4.78 is 19.9. The summed E-state index contributed by atoms with van der Waals surface area (Å²) in [6.45, 7) is 9.54. The Balaban J connectivity index is 2.14. The summed E-state index contributed by atoms with van der Waals surface area (Å²) in [5.41, 5.74) is -1.42. The van der Waals surface area contributed by atoms with Gasteiger partial charge in [0.1, 0.15) is 17.1 Å². The summed E-state index contributed by atoms with van der Waals surface area (Å²) >= 11 is 0. The molecule has 0 spiro atoms. The predicted molar refractivity (Wildman–Crippen MR) is 110 cm³/mol. The number of nitrogens with one attached hydrogen (secondary N) is 2. The molecule has 0 aliphatic carbocycles. The maximum Gasteiger partial charge on any atom is 0.410 e. The monoisotopic (exact) mass is 424 g/mol. The van der Waals surface area contributed by atoms with E-state index in [1.54, 1.807) is 34.6 Å². The number of piperidine rings is 1. The fourth-order valence-electron chi connectivity index (χ4n) is 3.16. The first-order chi connectivity index (χ1) is 13.9. The molecule has 1 saturated heterocycles. The summed E-state index contributed by atoms with van der Waals surface area (Å²) in [5.74, 6) is -1.62. The van der Waals surface area contributed by atoms with Crippen LogP contribution in [0.5, 0.6) is 0 Å². The van der Waals surface area contributed by atoms with Gasteiger partial charge in [-0.2, -0.15) is 0 Å². The molecule has 1 aromatic rings. The van der Waals surface area contributed by atoms with Crippen LogP contribution in [0.25, 0.3) is 0 Å². The fraction of sp³-hybridized carbons (Fsp3) is 0.600. The zero-order valence-corrected chi connectivity index (χ0v) is 18.0. The molecule has 1 fully saturated rings. The van der Waals surface area contributed by atoms with Gasteiger partial charge in [-0.1, -0.05) is 0 Å². The van der Waals surface area contributed by atoms with Gasteiger partial charge < -0.3 is 20.3 Å². The van der Waals surface area contributed by atoms with E-state index in [1.165, 1.54) is 4.90 Å². The number of halogens is 1. The van der Waals surface area contributed by atoms with Crippen LogP contribution < -0.4 is 10.6 Å². The maximum atomic E-state index is 14.5. The Morgan fingerprint density at radius 1 is 1.33 bits per heavy atom. The number of anilines is 1. The van der Waals surface area contributed by atoms with Crippen LogP contribution in [0.2, 0.25) is 0 Å². The minimum absolute atomic E-state index is 0.0119. The molecule has 1 unspecified atom stereocenters. The Hall–Kier alpha value is -2.91. The SMILES string of the molecule is CC(C)Nc1cc(F)c(C(=O)NC2CCCN(C(=O)OC(C)(C)C)C2)cc1[N+](=O)[O-]. The molecular weight excluding hydrogens is 395 g/mol. The minimum Gasteiger partial charge on any atom is -0.444 e. The van der Waals surface area contributed by atoms with Gasteiger partial charge in [0.05, 0.1) is 10.5 Å². The minimum atomic E-state index is -0.860. The van der Waals surface area contributed by atoms with Crippen molar-refractivity contribution in [3.8, 4) is 0 Å². The number of nitro groups is 1. The molecule has 1 heterocycles. The average Bonchev–Trinajstić information content (AvgIpc) is 2.59. The van der Waals surface area contributed by atoms with E-state index in [2.05, 4.69) is 10.6 Å². The van der Waals surface area contributed by atoms with Crippen LogP contribution >= 0.6 is 0 Å². The highest BCUT2D eigenvalue weighted by atomic mass is 19.1. The van der Waals surface area contributed by atoms with Crippen molar-refractivity contribution in [3.63, 3.8) is 0 Å². The Morgan fingerprint density at radius 2 is 2.00 bits per heavy atom.